The number of carbonyl (C=O) groups excluding carboxylic acids is 2. The Labute approximate surface area is 244 Å². The second-order valence-electron chi connectivity index (χ2n) is 11.0. The van der Waals surface area contributed by atoms with Gasteiger partial charge >= 0.3 is 0 Å². The van der Waals surface area contributed by atoms with Crippen LogP contribution < -0.4 is 15.4 Å². The number of nitrogens with one attached hydrogen (secondary N) is 2. The highest BCUT2D eigenvalue weighted by Crippen LogP contribution is 2.23. The highest BCUT2D eigenvalue weighted by molar-refractivity contribution is 5.96. The molecule has 5 atom stereocenters. The average Bonchev–Trinajstić information content (AvgIpc) is 3.66. The number of para-hydroxylation sites is 1. The SMILES string of the molecule is CC[C@H]1CCCN1C(=O)c1cccc(C(=O)N[C@@H](Cc2cc(F)cc(F)c2)[C@H](O)[C@H]2C[C@@H](Oc3ccccc3)CN2)n1. The van der Waals surface area contributed by atoms with Gasteiger partial charge in [0, 0.05) is 37.7 Å². The van der Waals surface area contributed by atoms with Crippen LogP contribution in [0.3, 0.4) is 0 Å². The van der Waals surface area contributed by atoms with Crippen LogP contribution in [0.25, 0.3) is 0 Å². The van der Waals surface area contributed by atoms with E-state index in [2.05, 4.69) is 15.6 Å². The van der Waals surface area contributed by atoms with E-state index in [1.165, 1.54) is 18.2 Å². The normalized spacial score (nSPS) is 21.6. The molecule has 3 heterocycles. The van der Waals surface area contributed by atoms with E-state index >= 15 is 0 Å². The van der Waals surface area contributed by atoms with Crippen LogP contribution in [0.5, 0.6) is 5.75 Å². The second kappa shape index (κ2) is 13.4. The highest BCUT2D eigenvalue weighted by atomic mass is 19.1. The number of carbonyl (C=O) groups is 2. The quantitative estimate of drug-likeness (QED) is 0.338. The van der Waals surface area contributed by atoms with Crippen molar-refractivity contribution >= 4 is 11.8 Å². The molecule has 2 aromatic carbocycles. The van der Waals surface area contributed by atoms with Crippen LogP contribution in [0.15, 0.2) is 66.7 Å². The molecule has 2 fully saturated rings. The number of benzene rings is 2. The summed E-state index contributed by atoms with van der Waals surface area (Å²) >= 11 is 0. The topological polar surface area (TPSA) is 104 Å². The number of rotatable bonds is 10. The fourth-order valence-corrected chi connectivity index (χ4v) is 5.89. The third-order valence-electron chi connectivity index (χ3n) is 8.00. The number of nitrogens with zero attached hydrogens (tertiary/aromatic N) is 2. The molecule has 42 heavy (non-hydrogen) atoms. The second-order valence-corrected chi connectivity index (χ2v) is 11.0. The summed E-state index contributed by atoms with van der Waals surface area (Å²) in [5, 5.41) is 17.5. The molecule has 2 amide bonds. The Kier molecular flexibility index (Phi) is 9.44. The maximum atomic E-state index is 14.0. The smallest absolute Gasteiger partial charge is 0.272 e. The Morgan fingerprint density at radius 1 is 1.10 bits per heavy atom. The van der Waals surface area contributed by atoms with E-state index in [0.717, 1.165) is 25.3 Å². The van der Waals surface area contributed by atoms with Crippen LogP contribution in [0.1, 0.15) is 59.1 Å². The molecule has 3 aromatic rings. The van der Waals surface area contributed by atoms with Gasteiger partial charge in [-0.1, -0.05) is 31.2 Å². The molecule has 2 saturated heterocycles. The minimum absolute atomic E-state index is 0.0142. The molecule has 2 aliphatic rings. The Morgan fingerprint density at radius 3 is 2.57 bits per heavy atom. The molecule has 0 aliphatic carbocycles. The lowest BCUT2D eigenvalue weighted by atomic mass is 9.94. The number of halogens is 2. The first-order chi connectivity index (χ1) is 20.3. The molecule has 0 saturated carbocycles. The van der Waals surface area contributed by atoms with Crippen LogP contribution in [0.2, 0.25) is 0 Å². The third-order valence-corrected chi connectivity index (χ3v) is 8.00. The zero-order valence-electron chi connectivity index (χ0n) is 23.5. The number of amides is 2. The average molecular weight is 579 g/mol. The van der Waals surface area contributed by atoms with Crippen molar-refractivity contribution in [3.05, 3.63) is 95.3 Å². The lowest BCUT2D eigenvalue weighted by Crippen LogP contribution is -2.52. The molecular formula is C32H36F2N4O4. The van der Waals surface area contributed by atoms with Gasteiger partial charge in [-0.3, -0.25) is 9.59 Å². The monoisotopic (exact) mass is 578 g/mol. The maximum absolute atomic E-state index is 14.0. The van der Waals surface area contributed by atoms with Gasteiger partial charge in [-0.05, 0) is 67.6 Å². The Balaban J connectivity index is 1.32. The number of pyridine rings is 1. The molecule has 3 N–H and O–H groups in total. The Hall–Kier alpha value is -3.89. The summed E-state index contributed by atoms with van der Waals surface area (Å²) in [6.07, 6.45) is 1.80. The summed E-state index contributed by atoms with van der Waals surface area (Å²) in [5.41, 5.74) is 0.467. The van der Waals surface area contributed by atoms with Crippen molar-refractivity contribution in [1.29, 1.82) is 0 Å². The van der Waals surface area contributed by atoms with Gasteiger partial charge in [0.1, 0.15) is 34.9 Å². The van der Waals surface area contributed by atoms with E-state index in [9.17, 15) is 23.5 Å². The summed E-state index contributed by atoms with van der Waals surface area (Å²) in [6, 6.07) is 15.9. The Bertz CT molecular complexity index is 1370. The first kappa shape index (κ1) is 29.6. The fraction of sp³-hybridized carbons (Fsp3) is 0.406. The van der Waals surface area contributed by atoms with Gasteiger partial charge in [0.2, 0.25) is 0 Å². The zero-order valence-corrected chi connectivity index (χ0v) is 23.5. The number of aromatic nitrogens is 1. The van der Waals surface area contributed by atoms with Gasteiger partial charge in [0.05, 0.1) is 12.1 Å². The molecule has 0 bridgehead atoms. The predicted octanol–water partition coefficient (Wildman–Crippen LogP) is 3.89. The third kappa shape index (κ3) is 7.11. The van der Waals surface area contributed by atoms with Gasteiger partial charge in [-0.2, -0.15) is 0 Å². The standard InChI is InChI=1S/C32H36F2N4O4/c1-2-23-8-7-13-38(23)32(41)27-12-6-11-26(36-27)31(40)37-29(16-20-14-21(33)17-22(34)15-20)30(39)28-18-25(19-35-28)42-24-9-4-3-5-10-24/h3-6,9-12,14-15,17,23,25,28-30,35,39H,2,7-8,13,16,18-19H2,1H3,(H,37,40)/t23-,25+,28+,29-,30+/m0/s1. The molecule has 5 rings (SSSR count). The van der Waals surface area contributed by atoms with Crippen molar-refractivity contribution in [2.45, 2.75) is 69.4 Å². The van der Waals surface area contributed by atoms with E-state index < -0.39 is 35.7 Å². The first-order valence-corrected chi connectivity index (χ1v) is 14.5. The molecule has 1 aromatic heterocycles. The Morgan fingerprint density at radius 2 is 1.83 bits per heavy atom. The van der Waals surface area contributed by atoms with E-state index in [0.29, 0.717) is 25.3 Å². The van der Waals surface area contributed by atoms with Crippen molar-refractivity contribution in [1.82, 2.24) is 20.5 Å². The van der Waals surface area contributed by atoms with E-state index in [1.807, 2.05) is 37.3 Å². The minimum atomic E-state index is -1.12. The largest absolute Gasteiger partial charge is 0.489 e. The highest BCUT2D eigenvalue weighted by Gasteiger charge is 2.36. The van der Waals surface area contributed by atoms with Crippen molar-refractivity contribution in [2.24, 2.45) is 0 Å². The van der Waals surface area contributed by atoms with Gasteiger partial charge < -0.3 is 25.4 Å². The maximum Gasteiger partial charge on any atom is 0.272 e. The molecule has 0 radical (unpaired) electrons. The van der Waals surface area contributed by atoms with Crippen molar-refractivity contribution in [3.63, 3.8) is 0 Å². The lowest BCUT2D eigenvalue weighted by molar-refractivity contribution is 0.0713. The van der Waals surface area contributed by atoms with Gasteiger partial charge in [-0.25, -0.2) is 13.8 Å². The number of hydrogen-bond donors (Lipinski definition) is 3. The van der Waals surface area contributed by atoms with Crippen LogP contribution in [0, 0.1) is 11.6 Å². The molecule has 10 heteroatoms. The summed E-state index contributed by atoms with van der Waals surface area (Å²) in [5.74, 6) is -1.62. The number of ether oxygens (including phenoxy) is 1. The molecule has 222 valence electrons. The summed E-state index contributed by atoms with van der Waals surface area (Å²) in [6.45, 7) is 3.17. The number of likely N-dealkylation sites (tertiary alicyclic amines) is 1. The van der Waals surface area contributed by atoms with Gasteiger partial charge in [0.25, 0.3) is 11.8 Å². The van der Waals surface area contributed by atoms with Crippen LogP contribution >= 0.6 is 0 Å². The van der Waals surface area contributed by atoms with Gasteiger partial charge in [0.15, 0.2) is 0 Å². The van der Waals surface area contributed by atoms with E-state index in [1.54, 1.807) is 17.0 Å². The van der Waals surface area contributed by atoms with Crippen molar-refractivity contribution in [2.75, 3.05) is 13.1 Å². The zero-order chi connectivity index (χ0) is 29.6. The first-order valence-electron chi connectivity index (χ1n) is 14.5. The van der Waals surface area contributed by atoms with Crippen molar-refractivity contribution < 1.29 is 28.2 Å². The van der Waals surface area contributed by atoms with E-state index in [-0.39, 0.29) is 41.4 Å². The molecule has 0 spiro atoms. The summed E-state index contributed by atoms with van der Waals surface area (Å²) in [7, 11) is 0. The van der Waals surface area contributed by atoms with E-state index in [4.69, 9.17) is 4.74 Å². The van der Waals surface area contributed by atoms with Gasteiger partial charge in [-0.15, -0.1) is 0 Å². The minimum Gasteiger partial charge on any atom is -0.489 e. The number of aliphatic hydroxyl groups is 1. The molecular weight excluding hydrogens is 542 g/mol. The molecule has 8 nitrogen and oxygen atoms in total. The van der Waals surface area contributed by atoms with Crippen LogP contribution in [-0.4, -0.2) is 70.2 Å². The lowest BCUT2D eigenvalue weighted by Gasteiger charge is -2.29. The summed E-state index contributed by atoms with van der Waals surface area (Å²) < 4.78 is 34.0. The van der Waals surface area contributed by atoms with Crippen LogP contribution in [-0.2, 0) is 6.42 Å². The number of hydrogen-bond acceptors (Lipinski definition) is 6. The number of aliphatic hydroxyl groups excluding tert-OH is 1. The molecule has 2 aliphatic heterocycles. The molecule has 0 unspecified atom stereocenters. The van der Waals surface area contributed by atoms with Crippen LogP contribution in [0.4, 0.5) is 8.78 Å². The predicted molar refractivity (Wildman–Crippen MR) is 153 cm³/mol. The fourth-order valence-electron chi connectivity index (χ4n) is 5.89. The summed E-state index contributed by atoms with van der Waals surface area (Å²) in [4.78, 5) is 32.7. The van der Waals surface area contributed by atoms with Crippen molar-refractivity contribution in [3.8, 4) is 5.75 Å².